The van der Waals surface area contributed by atoms with Gasteiger partial charge in [-0.1, -0.05) is 29.3 Å². The number of benzene rings is 1. The predicted molar refractivity (Wildman–Crippen MR) is 109 cm³/mol. The number of morpholine rings is 1. The zero-order valence-electron chi connectivity index (χ0n) is 15.8. The first-order valence-electron chi connectivity index (χ1n) is 9.86. The fourth-order valence-corrected chi connectivity index (χ4v) is 4.32. The van der Waals surface area contributed by atoms with Crippen LogP contribution < -0.4 is 5.32 Å². The predicted octanol–water partition coefficient (Wildman–Crippen LogP) is 3.04. The topological polar surface area (TPSA) is 44.8 Å². The smallest absolute Gasteiger partial charge is 0.224 e. The molecule has 2 fully saturated rings. The summed E-state index contributed by atoms with van der Waals surface area (Å²) in [6.07, 6.45) is 2.95. The normalized spacial score (nSPS) is 21.9. The standard InChI is InChI=1S/C20H29Cl2N3O2/c21-18-5-1-6-19(22)17(18)15-25-8-2-4-16(14-25)20(26)23-7-3-9-24-10-12-27-13-11-24/h1,5-6,16H,2-4,7-15H2,(H,23,26). The molecule has 0 aliphatic carbocycles. The van der Waals surface area contributed by atoms with E-state index >= 15 is 0 Å². The van der Waals surface area contributed by atoms with Crippen molar-refractivity contribution in [2.24, 2.45) is 5.92 Å². The third kappa shape index (κ3) is 6.33. The summed E-state index contributed by atoms with van der Waals surface area (Å²) in [5.74, 6) is 0.218. The van der Waals surface area contributed by atoms with E-state index in [9.17, 15) is 4.79 Å². The Labute approximate surface area is 171 Å². The molecule has 1 aromatic rings. The van der Waals surface area contributed by atoms with E-state index in [-0.39, 0.29) is 11.8 Å². The Balaban J connectivity index is 1.41. The van der Waals surface area contributed by atoms with Crippen LogP contribution in [0.15, 0.2) is 18.2 Å². The van der Waals surface area contributed by atoms with E-state index in [0.717, 1.165) is 77.3 Å². The van der Waals surface area contributed by atoms with E-state index in [1.807, 2.05) is 18.2 Å². The lowest BCUT2D eigenvalue weighted by Crippen LogP contribution is -2.43. The molecule has 3 rings (SSSR count). The Hall–Kier alpha value is -0.850. The second kappa shape index (κ2) is 10.6. The van der Waals surface area contributed by atoms with Crippen LogP contribution >= 0.6 is 23.2 Å². The van der Waals surface area contributed by atoms with Crippen LogP contribution in [0.5, 0.6) is 0 Å². The SMILES string of the molecule is O=C(NCCCN1CCOCC1)C1CCCN(Cc2c(Cl)cccc2Cl)C1. The number of nitrogens with zero attached hydrogens (tertiary/aromatic N) is 2. The van der Waals surface area contributed by atoms with Crippen LogP contribution in [0.3, 0.4) is 0 Å². The first-order chi connectivity index (χ1) is 13.1. The molecule has 150 valence electrons. The van der Waals surface area contributed by atoms with Gasteiger partial charge in [0.25, 0.3) is 0 Å². The largest absolute Gasteiger partial charge is 0.379 e. The van der Waals surface area contributed by atoms with Crippen molar-refractivity contribution in [3.05, 3.63) is 33.8 Å². The fraction of sp³-hybridized carbons (Fsp3) is 0.650. The van der Waals surface area contributed by atoms with Gasteiger partial charge in [-0.2, -0.15) is 0 Å². The van der Waals surface area contributed by atoms with E-state index in [4.69, 9.17) is 27.9 Å². The second-order valence-corrected chi connectivity index (χ2v) is 8.19. The van der Waals surface area contributed by atoms with Crippen LogP contribution in [0.2, 0.25) is 10.0 Å². The monoisotopic (exact) mass is 413 g/mol. The number of likely N-dealkylation sites (tertiary alicyclic amines) is 1. The van der Waals surface area contributed by atoms with Gasteiger partial charge in [-0.15, -0.1) is 0 Å². The molecule has 2 aliphatic rings. The highest BCUT2D eigenvalue weighted by Crippen LogP contribution is 2.27. The number of piperidine rings is 1. The molecule has 0 spiro atoms. The van der Waals surface area contributed by atoms with E-state index in [2.05, 4.69) is 15.1 Å². The van der Waals surface area contributed by atoms with Gasteiger partial charge in [0.15, 0.2) is 0 Å². The molecule has 27 heavy (non-hydrogen) atoms. The van der Waals surface area contributed by atoms with E-state index in [1.165, 1.54) is 0 Å². The lowest BCUT2D eigenvalue weighted by atomic mass is 9.96. The van der Waals surface area contributed by atoms with Crippen molar-refractivity contribution in [2.45, 2.75) is 25.8 Å². The summed E-state index contributed by atoms with van der Waals surface area (Å²) in [5.41, 5.74) is 0.951. The summed E-state index contributed by atoms with van der Waals surface area (Å²) >= 11 is 12.6. The van der Waals surface area contributed by atoms with Crippen LogP contribution in [-0.2, 0) is 16.1 Å². The third-order valence-corrected chi connectivity index (χ3v) is 6.08. The minimum atomic E-state index is 0.0448. The molecule has 2 aliphatic heterocycles. The van der Waals surface area contributed by atoms with Gasteiger partial charge >= 0.3 is 0 Å². The van der Waals surface area contributed by atoms with Gasteiger partial charge in [-0.25, -0.2) is 0 Å². The van der Waals surface area contributed by atoms with Crippen molar-refractivity contribution in [2.75, 3.05) is 52.5 Å². The van der Waals surface area contributed by atoms with Crippen LogP contribution in [-0.4, -0.2) is 68.2 Å². The zero-order valence-corrected chi connectivity index (χ0v) is 17.3. The summed E-state index contributed by atoms with van der Waals surface area (Å²) in [5, 5.41) is 4.51. The molecule has 1 unspecified atom stereocenters. The van der Waals surface area contributed by atoms with Crippen LogP contribution in [0.4, 0.5) is 0 Å². The highest BCUT2D eigenvalue weighted by atomic mass is 35.5. The molecule has 0 saturated carbocycles. The molecule has 1 atom stereocenters. The average molecular weight is 414 g/mol. The molecule has 0 bridgehead atoms. The van der Waals surface area contributed by atoms with Gasteiger partial charge in [0.05, 0.1) is 19.1 Å². The lowest BCUT2D eigenvalue weighted by Gasteiger charge is -2.32. The summed E-state index contributed by atoms with van der Waals surface area (Å²) in [4.78, 5) is 17.2. The van der Waals surface area contributed by atoms with Crippen molar-refractivity contribution in [3.63, 3.8) is 0 Å². The molecule has 1 amide bonds. The quantitative estimate of drug-likeness (QED) is 0.697. The molecule has 0 aromatic heterocycles. The minimum absolute atomic E-state index is 0.0448. The van der Waals surface area contributed by atoms with Crippen molar-refractivity contribution in [1.82, 2.24) is 15.1 Å². The molecule has 1 N–H and O–H groups in total. The molecule has 1 aromatic carbocycles. The van der Waals surface area contributed by atoms with E-state index < -0.39 is 0 Å². The van der Waals surface area contributed by atoms with Crippen LogP contribution in [0.25, 0.3) is 0 Å². The van der Waals surface area contributed by atoms with Crippen molar-refractivity contribution >= 4 is 29.1 Å². The summed E-state index contributed by atoms with van der Waals surface area (Å²) in [7, 11) is 0. The number of nitrogens with one attached hydrogen (secondary N) is 1. The van der Waals surface area contributed by atoms with Crippen molar-refractivity contribution in [3.8, 4) is 0 Å². The number of amides is 1. The van der Waals surface area contributed by atoms with Crippen molar-refractivity contribution in [1.29, 1.82) is 0 Å². The second-order valence-electron chi connectivity index (χ2n) is 7.37. The highest BCUT2D eigenvalue weighted by molar-refractivity contribution is 6.35. The summed E-state index contributed by atoms with van der Waals surface area (Å²) in [6.45, 7) is 7.82. The molecule has 2 heterocycles. The van der Waals surface area contributed by atoms with Crippen LogP contribution in [0, 0.1) is 5.92 Å². The van der Waals surface area contributed by atoms with Gasteiger partial charge in [-0.3, -0.25) is 14.6 Å². The number of hydrogen-bond acceptors (Lipinski definition) is 4. The molecule has 7 heteroatoms. The summed E-state index contributed by atoms with van der Waals surface area (Å²) < 4.78 is 5.36. The Kier molecular flexibility index (Phi) is 8.22. The molecule has 2 saturated heterocycles. The van der Waals surface area contributed by atoms with Gasteiger partial charge in [-0.05, 0) is 44.5 Å². The van der Waals surface area contributed by atoms with Gasteiger partial charge in [0, 0.05) is 48.3 Å². The first kappa shape index (κ1) is 20.9. The number of carbonyl (C=O) groups is 1. The number of hydrogen-bond donors (Lipinski definition) is 1. The molecule has 0 radical (unpaired) electrons. The van der Waals surface area contributed by atoms with Gasteiger partial charge < -0.3 is 10.1 Å². The van der Waals surface area contributed by atoms with E-state index in [0.29, 0.717) is 16.6 Å². The summed E-state index contributed by atoms with van der Waals surface area (Å²) in [6, 6.07) is 5.59. The number of carbonyl (C=O) groups excluding carboxylic acids is 1. The zero-order chi connectivity index (χ0) is 19.1. The molecular weight excluding hydrogens is 385 g/mol. The van der Waals surface area contributed by atoms with Gasteiger partial charge in [0.2, 0.25) is 5.91 Å². The maximum absolute atomic E-state index is 12.6. The first-order valence-corrected chi connectivity index (χ1v) is 10.6. The Morgan fingerprint density at radius 1 is 1.15 bits per heavy atom. The minimum Gasteiger partial charge on any atom is -0.379 e. The Bertz CT molecular complexity index is 603. The van der Waals surface area contributed by atoms with Crippen LogP contribution in [0.1, 0.15) is 24.8 Å². The molecule has 5 nitrogen and oxygen atoms in total. The fourth-order valence-electron chi connectivity index (χ4n) is 3.80. The van der Waals surface area contributed by atoms with E-state index in [1.54, 1.807) is 0 Å². The van der Waals surface area contributed by atoms with Crippen molar-refractivity contribution < 1.29 is 9.53 Å². The Morgan fingerprint density at radius 2 is 1.89 bits per heavy atom. The number of rotatable bonds is 7. The third-order valence-electron chi connectivity index (χ3n) is 5.37. The number of halogens is 2. The maximum atomic E-state index is 12.6. The Morgan fingerprint density at radius 3 is 2.63 bits per heavy atom. The molecular formula is C20H29Cl2N3O2. The average Bonchev–Trinajstić information content (AvgIpc) is 2.69. The lowest BCUT2D eigenvalue weighted by molar-refractivity contribution is -0.126. The van der Waals surface area contributed by atoms with Gasteiger partial charge in [0.1, 0.15) is 0 Å². The highest BCUT2D eigenvalue weighted by Gasteiger charge is 2.26. The maximum Gasteiger partial charge on any atom is 0.224 e. The number of ether oxygens (including phenoxy) is 1.